The van der Waals surface area contributed by atoms with Gasteiger partial charge in [-0.2, -0.15) is 0 Å². The van der Waals surface area contributed by atoms with Gasteiger partial charge in [0.2, 0.25) is 0 Å². The lowest BCUT2D eigenvalue weighted by Gasteiger charge is -2.41. The summed E-state index contributed by atoms with van der Waals surface area (Å²) in [5.41, 5.74) is 1.70. The Morgan fingerprint density at radius 3 is 2.37 bits per heavy atom. The van der Waals surface area contributed by atoms with Gasteiger partial charge in [-0.1, -0.05) is 12.1 Å². The molecule has 2 aliphatic heterocycles. The summed E-state index contributed by atoms with van der Waals surface area (Å²) in [5.74, 6) is 0.0869. The number of aromatic nitrogens is 2. The molecule has 1 aromatic heterocycles. The van der Waals surface area contributed by atoms with Gasteiger partial charge in [0.15, 0.2) is 0 Å². The Morgan fingerprint density at radius 1 is 1.09 bits per heavy atom. The average molecular weight is 494 g/mol. The van der Waals surface area contributed by atoms with Crippen LogP contribution in [0, 0.1) is 6.92 Å². The lowest BCUT2D eigenvalue weighted by atomic mass is 9.98. The van der Waals surface area contributed by atoms with Crippen molar-refractivity contribution in [1.29, 1.82) is 0 Å². The molecule has 1 aromatic carbocycles. The molecule has 2 aliphatic rings. The molecule has 2 saturated heterocycles. The minimum Gasteiger partial charge on any atom is -0.406 e. The Bertz CT molecular complexity index is 1000. The van der Waals surface area contributed by atoms with Crippen LogP contribution in [0.4, 0.5) is 19.0 Å². The fourth-order valence-corrected chi connectivity index (χ4v) is 4.67. The summed E-state index contributed by atoms with van der Waals surface area (Å²) < 4.78 is 40.8. The topological polar surface area (TPSA) is 90.8 Å². The molecule has 0 bridgehead atoms. The van der Waals surface area contributed by atoms with Gasteiger partial charge >= 0.3 is 6.36 Å². The summed E-state index contributed by atoms with van der Waals surface area (Å²) in [6.07, 6.45) is -0.182. The molecule has 2 fully saturated rings. The van der Waals surface area contributed by atoms with Crippen LogP contribution in [0.5, 0.6) is 5.75 Å². The van der Waals surface area contributed by atoms with Crippen molar-refractivity contribution in [2.75, 3.05) is 31.5 Å². The lowest BCUT2D eigenvalue weighted by Crippen LogP contribution is -2.49. The lowest BCUT2D eigenvalue weighted by molar-refractivity contribution is -0.274. The van der Waals surface area contributed by atoms with Crippen molar-refractivity contribution >= 4 is 11.7 Å². The van der Waals surface area contributed by atoms with E-state index in [-0.39, 0.29) is 17.8 Å². The zero-order valence-corrected chi connectivity index (χ0v) is 19.6. The van der Waals surface area contributed by atoms with Crippen LogP contribution >= 0.6 is 0 Å². The number of halogens is 3. The molecule has 11 heteroatoms. The number of likely N-dealkylation sites (tertiary alicyclic amines) is 2. The summed E-state index contributed by atoms with van der Waals surface area (Å²) in [6, 6.07) is 6.00. The van der Waals surface area contributed by atoms with E-state index in [1.54, 1.807) is 6.92 Å². The molecule has 0 atom stereocenters. The van der Waals surface area contributed by atoms with Crippen molar-refractivity contribution in [3.8, 4) is 5.75 Å². The van der Waals surface area contributed by atoms with Gasteiger partial charge in [-0.15, -0.1) is 13.2 Å². The number of nitrogens with zero attached hydrogens (tertiary/aromatic N) is 4. The van der Waals surface area contributed by atoms with Crippen molar-refractivity contribution in [2.45, 2.75) is 57.7 Å². The molecular formula is C24H30F3N5O3. The van der Waals surface area contributed by atoms with Gasteiger partial charge in [-0.05, 0) is 50.3 Å². The molecule has 2 aromatic rings. The first-order chi connectivity index (χ1) is 16.7. The molecular weight excluding hydrogens is 463 g/mol. The van der Waals surface area contributed by atoms with E-state index < -0.39 is 6.36 Å². The molecule has 0 unspecified atom stereocenters. The molecule has 8 nitrogen and oxygen atoms in total. The Kier molecular flexibility index (Phi) is 7.75. The van der Waals surface area contributed by atoms with E-state index in [1.165, 1.54) is 30.6 Å². The number of aliphatic hydroxyl groups is 1. The first kappa shape index (κ1) is 25.2. The molecule has 35 heavy (non-hydrogen) atoms. The highest BCUT2D eigenvalue weighted by atomic mass is 19.4. The number of benzene rings is 1. The summed E-state index contributed by atoms with van der Waals surface area (Å²) in [5, 5.41) is 12.9. The van der Waals surface area contributed by atoms with Gasteiger partial charge in [0.25, 0.3) is 5.91 Å². The van der Waals surface area contributed by atoms with Crippen LogP contribution in [0.2, 0.25) is 0 Å². The van der Waals surface area contributed by atoms with E-state index in [0.29, 0.717) is 42.8 Å². The van der Waals surface area contributed by atoms with Gasteiger partial charge in [0.05, 0.1) is 6.10 Å². The van der Waals surface area contributed by atoms with Gasteiger partial charge in [-0.3, -0.25) is 4.79 Å². The molecule has 4 rings (SSSR count). The summed E-state index contributed by atoms with van der Waals surface area (Å²) in [6.45, 7) is 5.20. The number of carbonyl (C=O) groups is 1. The van der Waals surface area contributed by atoms with E-state index >= 15 is 0 Å². The first-order valence-electron chi connectivity index (χ1n) is 11.8. The summed E-state index contributed by atoms with van der Waals surface area (Å²) >= 11 is 0. The van der Waals surface area contributed by atoms with Crippen LogP contribution in [-0.4, -0.2) is 75.5 Å². The third-order valence-corrected chi connectivity index (χ3v) is 6.67. The predicted octanol–water partition coefficient (Wildman–Crippen LogP) is 3.36. The highest BCUT2D eigenvalue weighted by Crippen LogP contribution is 2.25. The maximum atomic E-state index is 13.2. The molecule has 0 aliphatic carbocycles. The molecule has 2 N–H and O–H groups in total. The number of alkyl halides is 3. The maximum Gasteiger partial charge on any atom is 0.573 e. The van der Waals surface area contributed by atoms with Crippen molar-refractivity contribution in [3.63, 3.8) is 0 Å². The van der Waals surface area contributed by atoms with Crippen LogP contribution in [-0.2, 0) is 6.54 Å². The van der Waals surface area contributed by atoms with E-state index in [4.69, 9.17) is 0 Å². The first-order valence-corrected chi connectivity index (χ1v) is 11.8. The molecule has 1 amide bonds. The van der Waals surface area contributed by atoms with Gasteiger partial charge in [-0.25, -0.2) is 9.97 Å². The van der Waals surface area contributed by atoms with Gasteiger partial charge < -0.3 is 25.0 Å². The number of aliphatic hydroxyl groups excluding tert-OH is 1. The number of ether oxygens (including phenoxy) is 1. The summed E-state index contributed by atoms with van der Waals surface area (Å²) in [7, 11) is 0. The highest BCUT2D eigenvalue weighted by molar-refractivity contribution is 5.94. The predicted molar refractivity (Wildman–Crippen MR) is 123 cm³/mol. The largest absolute Gasteiger partial charge is 0.573 e. The second-order valence-electron chi connectivity index (χ2n) is 9.03. The number of anilines is 1. The standard InChI is InChI=1S/C24H30F3N5O3/c1-16-21(23(34)32-10-6-18(7-11-32)31-12-8-19(33)9-13-31)29-15-30-22(16)28-14-17-2-4-20(5-3-17)35-24(25,26)27/h2-5,15,18-19,33H,6-14H2,1H3,(H,28,29,30). The van der Waals surface area contributed by atoms with E-state index in [2.05, 4.69) is 24.9 Å². The Labute approximate surface area is 202 Å². The zero-order chi connectivity index (χ0) is 25.0. The second-order valence-corrected chi connectivity index (χ2v) is 9.03. The fourth-order valence-electron chi connectivity index (χ4n) is 4.67. The van der Waals surface area contributed by atoms with Crippen molar-refractivity contribution in [3.05, 3.63) is 47.4 Å². The SMILES string of the molecule is Cc1c(NCc2ccc(OC(F)(F)F)cc2)ncnc1C(=O)N1CCC(N2CCC(O)CC2)CC1. The molecule has 3 heterocycles. The van der Waals surface area contributed by atoms with Crippen molar-refractivity contribution in [1.82, 2.24) is 19.8 Å². The van der Waals surface area contributed by atoms with Crippen LogP contribution in [0.25, 0.3) is 0 Å². The Balaban J connectivity index is 1.33. The van der Waals surface area contributed by atoms with Gasteiger partial charge in [0, 0.05) is 44.3 Å². The Morgan fingerprint density at radius 2 is 1.74 bits per heavy atom. The van der Waals surface area contributed by atoms with Crippen LogP contribution in [0.1, 0.15) is 47.3 Å². The zero-order valence-electron chi connectivity index (χ0n) is 19.6. The van der Waals surface area contributed by atoms with E-state index in [1.807, 2.05) is 4.90 Å². The monoisotopic (exact) mass is 493 g/mol. The smallest absolute Gasteiger partial charge is 0.406 e. The van der Waals surface area contributed by atoms with Crippen LogP contribution in [0.15, 0.2) is 30.6 Å². The average Bonchev–Trinajstić information content (AvgIpc) is 2.84. The number of hydrogen-bond acceptors (Lipinski definition) is 7. The quantitative estimate of drug-likeness (QED) is 0.638. The normalized spacial score (nSPS) is 18.5. The fraction of sp³-hybridized carbons (Fsp3) is 0.542. The minimum absolute atomic E-state index is 0.130. The third-order valence-electron chi connectivity index (χ3n) is 6.67. The summed E-state index contributed by atoms with van der Waals surface area (Å²) in [4.78, 5) is 25.9. The number of nitrogens with one attached hydrogen (secondary N) is 1. The van der Waals surface area contributed by atoms with Crippen LogP contribution in [0.3, 0.4) is 0 Å². The number of carbonyl (C=O) groups excluding carboxylic acids is 1. The third kappa shape index (κ3) is 6.61. The second kappa shape index (κ2) is 10.8. The van der Waals surface area contributed by atoms with Crippen molar-refractivity contribution in [2.24, 2.45) is 0 Å². The number of hydrogen-bond donors (Lipinski definition) is 2. The Hall–Kier alpha value is -2.92. The number of amides is 1. The van der Waals surface area contributed by atoms with E-state index in [0.717, 1.165) is 44.3 Å². The highest BCUT2D eigenvalue weighted by Gasteiger charge is 2.32. The molecule has 0 radical (unpaired) electrons. The minimum atomic E-state index is -4.73. The molecule has 190 valence electrons. The molecule has 0 saturated carbocycles. The van der Waals surface area contributed by atoms with Gasteiger partial charge in [0.1, 0.15) is 23.6 Å². The molecule has 0 spiro atoms. The van der Waals surface area contributed by atoms with Crippen LogP contribution < -0.4 is 10.1 Å². The van der Waals surface area contributed by atoms with E-state index in [9.17, 15) is 23.1 Å². The van der Waals surface area contributed by atoms with Crippen molar-refractivity contribution < 1.29 is 27.8 Å². The number of rotatable bonds is 6. The maximum absolute atomic E-state index is 13.2. The number of piperidine rings is 2.